The van der Waals surface area contributed by atoms with Crippen LogP contribution in [0.5, 0.6) is 0 Å². The fraction of sp³-hybridized carbons (Fsp3) is 0.200. The number of amides is 2. The van der Waals surface area contributed by atoms with Gasteiger partial charge in [0.15, 0.2) is 5.57 Å². The van der Waals surface area contributed by atoms with Crippen molar-refractivity contribution in [3.05, 3.63) is 43.8 Å². The molecule has 154 valence electrons. The number of hydrogen-bond acceptors (Lipinski definition) is 7. The summed E-state index contributed by atoms with van der Waals surface area (Å²) in [7, 11) is 0. The van der Waals surface area contributed by atoms with Crippen molar-refractivity contribution in [3.8, 4) is 18.4 Å². The van der Waals surface area contributed by atoms with E-state index in [4.69, 9.17) is 11.5 Å². The number of carbonyl (C=O) groups excluding carboxylic acids is 2. The van der Waals surface area contributed by atoms with Crippen LogP contribution in [0, 0.1) is 23.7 Å². The van der Waals surface area contributed by atoms with E-state index in [9.17, 15) is 19.6 Å². The smallest absolute Gasteiger partial charge is 0.270 e. The van der Waals surface area contributed by atoms with Gasteiger partial charge in [0.05, 0.1) is 6.54 Å². The number of nitrogens with one attached hydrogen (secondary N) is 3. The van der Waals surface area contributed by atoms with Crippen molar-refractivity contribution in [3.63, 3.8) is 0 Å². The second-order valence-corrected chi connectivity index (χ2v) is 6.80. The van der Waals surface area contributed by atoms with Gasteiger partial charge in [0.2, 0.25) is 5.91 Å². The molecule has 0 aliphatic rings. The maximum Gasteiger partial charge on any atom is 0.270 e. The van der Waals surface area contributed by atoms with Gasteiger partial charge >= 0.3 is 0 Å². The highest BCUT2D eigenvalue weighted by Crippen LogP contribution is 2.14. The van der Waals surface area contributed by atoms with E-state index in [0.29, 0.717) is 11.4 Å². The van der Waals surface area contributed by atoms with Crippen LogP contribution in [-0.2, 0) is 16.1 Å². The van der Waals surface area contributed by atoms with E-state index in [1.807, 2.05) is 6.07 Å². The third kappa shape index (κ3) is 5.35. The van der Waals surface area contributed by atoms with Gasteiger partial charge < -0.3 is 21.1 Å². The Labute approximate surface area is 176 Å². The molecule has 0 saturated heterocycles. The van der Waals surface area contributed by atoms with Gasteiger partial charge in [-0.05, 0) is 25.1 Å². The maximum atomic E-state index is 12.7. The van der Waals surface area contributed by atoms with Gasteiger partial charge in [0, 0.05) is 24.1 Å². The van der Waals surface area contributed by atoms with Crippen LogP contribution >= 0.6 is 11.3 Å². The van der Waals surface area contributed by atoms with Crippen molar-refractivity contribution >= 4 is 46.3 Å². The Morgan fingerprint density at radius 1 is 1.37 bits per heavy atom. The molecular weight excluding hydrogens is 406 g/mol. The van der Waals surface area contributed by atoms with Crippen LogP contribution in [0.1, 0.15) is 6.92 Å². The Kier molecular flexibility index (Phi) is 7.94. The molecule has 10 heteroatoms. The fourth-order valence-electron chi connectivity index (χ4n) is 2.44. The molecule has 0 unspecified atom stereocenters. The molecule has 0 bridgehead atoms. The van der Waals surface area contributed by atoms with Crippen LogP contribution in [0.4, 0.5) is 11.4 Å². The number of thiazole rings is 1. The predicted octanol–water partition coefficient (Wildman–Crippen LogP) is -0.866. The summed E-state index contributed by atoms with van der Waals surface area (Å²) in [6, 6.07) is 8.51. The van der Waals surface area contributed by atoms with Gasteiger partial charge in [0.1, 0.15) is 21.9 Å². The molecule has 0 radical (unpaired) electrons. The molecule has 4 N–H and O–H groups in total. The molecule has 0 fully saturated rings. The molecule has 0 saturated carbocycles. The molecule has 2 rings (SSSR count). The average molecular weight is 425 g/mol. The van der Waals surface area contributed by atoms with Crippen LogP contribution < -0.4 is 30.7 Å². The molecule has 0 atom stereocenters. The van der Waals surface area contributed by atoms with E-state index in [1.54, 1.807) is 31.2 Å². The first-order valence-corrected chi connectivity index (χ1v) is 9.60. The number of hydrogen-bond donors (Lipinski definition) is 4. The number of terminal acetylenes is 1. The molecule has 9 nitrogen and oxygen atoms in total. The molecule has 2 amide bonds. The van der Waals surface area contributed by atoms with Crippen molar-refractivity contribution in [1.29, 1.82) is 5.26 Å². The largest absolute Gasteiger partial charge is 0.387 e. The molecule has 30 heavy (non-hydrogen) atoms. The van der Waals surface area contributed by atoms with Crippen molar-refractivity contribution in [2.75, 3.05) is 23.8 Å². The lowest BCUT2D eigenvalue weighted by molar-refractivity contribution is -0.118. The van der Waals surface area contributed by atoms with Crippen LogP contribution in [-0.4, -0.2) is 34.6 Å². The summed E-state index contributed by atoms with van der Waals surface area (Å²) in [6.07, 6.45) is 6.59. The second-order valence-electron chi connectivity index (χ2n) is 5.77. The molecule has 1 heterocycles. The van der Waals surface area contributed by atoms with E-state index < -0.39 is 18.4 Å². The molecule has 1 aromatic heterocycles. The topological polar surface area (TPSA) is 136 Å². The van der Waals surface area contributed by atoms with Gasteiger partial charge in [-0.25, -0.2) is 0 Å². The number of carbonyl (C=O) groups is 2. The minimum absolute atomic E-state index is 0.0323. The van der Waals surface area contributed by atoms with Crippen molar-refractivity contribution < 1.29 is 14.7 Å². The van der Waals surface area contributed by atoms with Gasteiger partial charge in [-0.15, -0.1) is 17.8 Å². The highest BCUT2D eigenvalue weighted by molar-refractivity contribution is 7.07. The quantitative estimate of drug-likeness (QED) is 0.426. The normalized spacial score (nSPS) is 11.8. The Morgan fingerprint density at radius 2 is 2.10 bits per heavy atom. The summed E-state index contributed by atoms with van der Waals surface area (Å²) < 4.78 is 1.86. The average Bonchev–Trinajstić information content (AvgIpc) is 3.06. The van der Waals surface area contributed by atoms with Crippen molar-refractivity contribution in [2.24, 2.45) is 0 Å². The SMILES string of the molecule is C#CCNC(=O)/C(C#N)=c1\s/c(=C/Nc2cccc(NC(=O)CO)c2)c(=O)n1CC. The number of rotatable bonds is 7. The molecular formula is C20H19N5O4S. The summed E-state index contributed by atoms with van der Waals surface area (Å²) >= 11 is 1.00. The van der Waals surface area contributed by atoms with Gasteiger partial charge in [-0.1, -0.05) is 12.0 Å². The number of aliphatic hydroxyl groups is 1. The minimum Gasteiger partial charge on any atom is -0.387 e. The molecule has 0 aliphatic carbocycles. The number of aromatic nitrogens is 1. The Bertz CT molecular complexity index is 1210. The maximum absolute atomic E-state index is 12.7. The lowest BCUT2D eigenvalue weighted by Gasteiger charge is -2.05. The zero-order valence-electron chi connectivity index (χ0n) is 16.1. The van der Waals surface area contributed by atoms with Gasteiger partial charge in [-0.2, -0.15) is 5.26 Å². The summed E-state index contributed by atoms with van der Waals surface area (Å²) in [5.74, 6) is 1.06. The van der Waals surface area contributed by atoms with E-state index >= 15 is 0 Å². The van der Waals surface area contributed by atoms with E-state index in [1.165, 1.54) is 10.8 Å². The van der Waals surface area contributed by atoms with Gasteiger partial charge in [-0.3, -0.25) is 19.0 Å². The van der Waals surface area contributed by atoms with Crippen LogP contribution in [0.15, 0.2) is 29.1 Å². The van der Waals surface area contributed by atoms with Crippen LogP contribution in [0.3, 0.4) is 0 Å². The Morgan fingerprint density at radius 3 is 2.73 bits per heavy atom. The minimum atomic E-state index is -0.647. The zero-order valence-corrected chi connectivity index (χ0v) is 16.9. The van der Waals surface area contributed by atoms with E-state index in [-0.39, 0.29) is 33.4 Å². The summed E-state index contributed by atoms with van der Waals surface area (Å²) in [6.45, 7) is 1.34. The van der Waals surface area contributed by atoms with E-state index in [2.05, 4.69) is 21.9 Å². The highest BCUT2D eigenvalue weighted by Gasteiger charge is 2.14. The van der Waals surface area contributed by atoms with Crippen LogP contribution in [0.2, 0.25) is 0 Å². The third-order valence-electron chi connectivity index (χ3n) is 3.79. The molecule has 1 aromatic carbocycles. The standard InChI is InChI=1S/C20H19N5O4S/c1-3-8-22-18(28)15(10-21)20-25(4-2)19(29)16(30-20)11-23-13-6-5-7-14(9-13)24-17(27)12-26/h1,5-7,9,11,23,26H,4,8,12H2,2H3,(H,22,28)(H,24,27)/b16-11+,20-15-. The van der Waals surface area contributed by atoms with Crippen molar-refractivity contribution in [2.45, 2.75) is 13.5 Å². The number of anilines is 2. The number of benzene rings is 1. The number of nitriles is 1. The van der Waals surface area contributed by atoms with Crippen LogP contribution in [0.25, 0.3) is 11.8 Å². The van der Waals surface area contributed by atoms with Gasteiger partial charge in [0.25, 0.3) is 11.5 Å². The highest BCUT2D eigenvalue weighted by atomic mass is 32.1. The van der Waals surface area contributed by atoms with E-state index in [0.717, 1.165) is 11.3 Å². The zero-order chi connectivity index (χ0) is 22.1. The monoisotopic (exact) mass is 425 g/mol. The predicted molar refractivity (Wildman–Crippen MR) is 115 cm³/mol. The Hall–Kier alpha value is -3.86. The summed E-state index contributed by atoms with van der Waals surface area (Å²) in [4.78, 5) is 36.2. The van der Waals surface area contributed by atoms with Crippen molar-refractivity contribution in [1.82, 2.24) is 9.88 Å². The molecule has 0 aliphatic heterocycles. The summed E-state index contributed by atoms with van der Waals surface area (Å²) in [5, 5.41) is 26.1. The lowest BCUT2D eigenvalue weighted by Crippen LogP contribution is -2.34. The number of nitrogens with zero attached hydrogens (tertiary/aromatic N) is 2. The first-order valence-electron chi connectivity index (χ1n) is 8.78. The summed E-state index contributed by atoms with van der Waals surface area (Å²) in [5.41, 5.74) is 0.504. The number of aliphatic hydroxyl groups excluding tert-OH is 1. The third-order valence-corrected chi connectivity index (χ3v) is 4.92. The lowest BCUT2D eigenvalue weighted by atomic mass is 10.2. The molecule has 0 spiro atoms. The first kappa shape index (κ1) is 22.4. The Balaban J connectivity index is 2.45. The molecule has 2 aromatic rings. The first-order chi connectivity index (χ1) is 14.4. The fourth-order valence-corrected chi connectivity index (χ4v) is 3.53. The second kappa shape index (κ2) is 10.6.